The quantitative estimate of drug-likeness (QED) is 0.665. The first kappa shape index (κ1) is 10.8. The van der Waals surface area contributed by atoms with E-state index in [1.54, 1.807) is 6.08 Å². The zero-order chi connectivity index (χ0) is 9.90. The Bertz CT molecular complexity index is 174. The molecule has 1 nitrogen and oxygen atoms in total. The van der Waals surface area contributed by atoms with Crippen LogP contribution in [0.1, 0.15) is 46.0 Å². The minimum Gasteiger partial charge on any atom is -0.386 e. The first-order chi connectivity index (χ1) is 6.06. The second-order valence-electron chi connectivity index (χ2n) is 4.90. The fraction of sp³-hybridized carbons (Fsp3) is 0.833. The molecule has 0 aliphatic heterocycles. The van der Waals surface area contributed by atoms with Crippen LogP contribution in [-0.4, -0.2) is 10.7 Å². The summed E-state index contributed by atoms with van der Waals surface area (Å²) in [7, 11) is 0. The highest BCUT2D eigenvalue weighted by molar-refractivity contribution is 4.99. The van der Waals surface area contributed by atoms with Crippen molar-refractivity contribution in [3.05, 3.63) is 12.7 Å². The predicted molar refractivity (Wildman–Crippen MR) is 56.6 cm³/mol. The van der Waals surface area contributed by atoms with Crippen LogP contribution in [0.4, 0.5) is 0 Å². The van der Waals surface area contributed by atoms with Gasteiger partial charge in [0, 0.05) is 0 Å². The first-order valence-corrected chi connectivity index (χ1v) is 5.42. The van der Waals surface area contributed by atoms with Crippen LogP contribution >= 0.6 is 0 Å². The molecule has 0 aromatic rings. The Morgan fingerprint density at radius 2 is 2.31 bits per heavy atom. The molecule has 1 aliphatic rings. The predicted octanol–water partition coefficient (Wildman–Crippen LogP) is 3.14. The number of aliphatic hydroxyl groups is 1. The summed E-state index contributed by atoms with van der Waals surface area (Å²) in [5.74, 6) is 1.45. The van der Waals surface area contributed by atoms with Crippen LogP contribution in [0.2, 0.25) is 0 Å². The van der Waals surface area contributed by atoms with Crippen LogP contribution in [0.25, 0.3) is 0 Å². The minimum absolute atomic E-state index is 0.558. The van der Waals surface area contributed by atoms with Crippen LogP contribution in [0.3, 0.4) is 0 Å². The minimum atomic E-state index is -0.558. The molecule has 2 unspecified atom stereocenters. The Kier molecular flexibility index (Phi) is 3.55. The van der Waals surface area contributed by atoms with Crippen molar-refractivity contribution in [2.45, 2.75) is 51.6 Å². The SMILES string of the molecule is C=CC1(O)CCCC(CC(C)C)C1. The molecular weight excluding hydrogens is 160 g/mol. The van der Waals surface area contributed by atoms with E-state index >= 15 is 0 Å². The molecule has 1 rings (SSSR count). The molecule has 0 spiro atoms. The van der Waals surface area contributed by atoms with Crippen LogP contribution < -0.4 is 0 Å². The monoisotopic (exact) mass is 182 g/mol. The van der Waals surface area contributed by atoms with Gasteiger partial charge in [-0.05, 0) is 37.5 Å². The molecule has 1 aliphatic carbocycles. The van der Waals surface area contributed by atoms with Crippen LogP contribution in [0.15, 0.2) is 12.7 Å². The second-order valence-corrected chi connectivity index (χ2v) is 4.90. The summed E-state index contributed by atoms with van der Waals surface area (Å²) in [6.07, 6.45) is 7.25. The van der Waals surface area contributed by atoms with E-state index in [-0.39, 0.29) is 0 Å². The molecule has 1 N–H and O–H groups in total. The van der Waals surface area contributed by atoms with E-state index in [4.69, 9.17) is 0 Å². The van der Waals surface area contributed by atoms with E-state index < -0.39 is 5.60 Å². The lowest BCUT2D eigenvalue weighted by atomic mass is 9.75. The molecule has 0 aromatic heterocycles. The molecule has 1 saturated carbocycles. The van der Waals surface area contributed by atoms with Gasteiger partial charge in [-0.2, -0.15) is 0 Å². The second kappa shape index (κ2) is 4.28. The number of rotatable bonds is 3. The van der Waals surface area contributed by atoms with Gasteiger partial charge in [-0.1, -0.05) is 26.3 Å². The van der Waals surface area contributed by atoms with Gasteiger partial charge in [0.05, 0.1) is 5.60 Å². The molecular formula is C12H22O. The van der Waals surface area contributed by atoms with Gasteiger partial charge in [0.15, 0.2) is 0 Å². The average Bonchev–Trinajstić information content (AvgIpc) is 2.03. The largest absolute Gasteiger partial charge is 0.386 e. The third kappa shape index (κ3) is 3.15. The van der Waals surface area contributed by atoms with Gasteiger partial charge in [0.2, 0.25) is 0 Å². The fourth-order valence-corrected chi connectivity index (χ4v) is 2.45. The van der Waals surface area contributed by atoms with Crippen LogP contribution in [-0.2, 0) is 0 Å². The van der Waals surface area contributed by atoms with E-state index in [1.165, 1.54) is 12.8 Å². The molecule has 1 heteroatoms. The molecule has 13 heavy (non-hydrogen) atoms. The maximum absolute atomic E-state index is 10.0. The highest BCUT2D eigenvalue weighted by Crippen LogP contribution is 2.36. The topological polar surface area (TPSA) is 20.2 Å². The van der Waals surface area contributed by atoms with Gasteiger partial charge in [0.25, 0.3) is 0 Å². The molecule has 0 heterocycles. The van der Waals surface area contributed by atoms with Crippen LogP contribution in [0, 0.1) is 11.8 Å². The summed E-state index contributed by atoms with van der Waals surface area (Å²) in [5.41, 5.74) is -0.558. The van der Waals surface area contributed by atoms with E-state index in [9.17, 15) is 5.11 Å². The van der Waals surface area contributed by atoms with Gasteiger partial charge >= 0.3 is 0 Å². The van der Waals surface area contributed by atoms with E-state index in [1.807, 2.05) is 0 Å². The zero-order valence-corrected chi connectivity index (χ0v) is 8.92. The van der Waals surface area contributed by atoms with E-state index in [0.717, 1.165) is 25.2 Å². The summed E-state index contributed by atoms with van der Waals surface area (Å²) in [6, 6.07) is 0. The Hall–Kier alpha value is -0.300. The van der Waals surface area contributed by atoms with Gasteiger partial charge in [0.1, 0.15) is 0 Å². The Morgan fingerprint density at radius 1 is 1.62 bits per heavy atom. The van der Waals surface area contributed by atoms with Crippen molar-refractivity contribution < 1.29 is 5.11 Å². The molecule has 76 valence electrons. The highest BCUT2D eigenvalue weighted by Gasteiger charge is 2.31. The van der Waals surface area contributed by atoms with Crippen molar-refractivity contribution in [3.63, 3.8) is 0 Å². The molecule has 0 aromatic carbocycles. The standard InChI is InChI=1S/C12H22O/c1-4-12(13)7-5-6-11(9-12)8-10(2)3/h4,10-11,13H,1,5-9H2,2-3H3. The lowest BCUT2D eigenvalue weighted by Gasteiger charge is -2.35. The smallest absolute Gasteiger partial charge is 0.0827 e. The highest BCUT2D eigenvalue weighted by atomic mass is 16.3. The van der Waals surface area contributed by atoms with Gasteiger partial charge in [-0.25, -0.2) is 0 Å². The summed E-state index contributed by atoms with van der Waals surface area (Å²) < 4.78 is 0. The van der Waals surface area contributed by atoms with E-state index in [0.29, 0.717) is 5.92 Å². The van der Waals surface area contributed by atoms with Crippen molar-refractivity contribution in [2.75, 3.05) is 0 Å². The summed E-state index contributed by atoms with van der Waals surface area (Å²) in [5, 5.41) is 10.0. The van der Waals surface area contributed by atoms with Crippen molar-refractivity contribution in [1.29, 1.82) is 0 Å². The summed E-state index contributed by atoms with van der Waals surface area (Å²) in [4.78, 5) is 0. The normalized spacial score (nSPS) is 34.9. The number of hydrogen-bond donors (Lipinski definition) is 1. The Labute approximate surface area is 81.9 Å². The molecule has 0 bridgehead atoms. The molecule has 0 amide bonds. The first-order valence-electron chi connectivity index (χ1n) is 5.42. The van der Waals surface area contributed by atoms with Crippen molar-refractivity contribution >= 4 is 0 Å². The van der Waals surface area contributed by atoms with Gasteiger partial charge in [-0.3, -0.25) is 0 Å². The average molecular weight is 182 g/mol. The molecule has 1 fully saturated rings. The van der Waals surface area contributed by atoms with Crippen molar-refractivity contribution in [2.24, 2.45) is 11.8 Å². The third-order valence-corrected chi connectivity index (χ3v) is 3.05. The maximum Gasteiger partial charge on any atom is 0.0827 e. The Balaban J connectivity index is 2.46. The van der Waals surface area contributed by atoms with E-state index in [2.05, 4.69) is 20.4 Å². The fourth-order valence-electron chi connectivity index (χ4n) is 2.45. The third-order valence-electron chi connectivity index (χ3n) is 3.05. The maximum atomic E-state index is 10.0. The summed E-state index contributed by atoms with van der Waals surface area (Å²) >= 11 is 0. The van der Waals surface area contributed by atoms with Gasteiger partial charge < -0.3 is 5.11 Å². The Morgan fingerprint density at radius 3 is 2.85 bits per heavy atom. The lowest BCUT2D eigenvalue weighted by molar-refractivity contribution is 0.0239. The molecule has 0 saturated heterocycles. The zero-order valence-electron chi connectivity index (χ0n) is 8.92. The van der Waals surface area contributed by atoms with Crippen molar-refractivity contribution in [1.82, 2.24) is 0 Å². The van der Waals surface area contributed by atoms with Crippen molar-refractivity contribution in [3.8, 4) is 0 Å². The number of hydrogen-bond acceptors (Lipinski definition) is 1. The molecule has 2 atom stereocenters. The van der Waals surface area contributed by atoms with Gasteiger partial charge in [-0.15, -0.1) is 6.58 Å². The molecule has 0 radical (unpaired) electrons. The lowest BCUT2D eigenvalue weighted by Crippen LogP contribution is -2.33. The van der Waals surface area contributed by atoms with Crippen LogP contribution in [0.5, 0.6) is 0 Å². The summed E-state index contributed by atoms with van der Waals surface area (Å²) in [6.45, 7) is 8.22.